The van der Waals surface area contributed by atoms with Crippen molar-refractivity contribution in [1.29, 1.82) is 0 Å². The van der Waals surface area contributed by atoms with Gasteiger partial charge in [0, 0.05) is 17.3 Å². The summed E-state index contributed by atoms with van der Waals surface area (Å²) in [6.45, 7) is 0.305. The van der Waals surface area contributed by atoms with E-state index in [9.17, 15) is 18.0 Å². The Labute approximate surface area is 136 Å². The topological polar surface area (TPSA) is 83.0 Å². The maximum absolute atomic E-state index is 12.5. The molecule has 0 N–H and O–H groups in total. The Morgan fingerprint density at radius 2 is 2.21 bits per heavy atom. The standard InChI is InChI=1S/C13H9F3N4O3S/c1-22-11(21)10-17-4-5-20(10)6-7-2-3-8(24-7)9-18-12(23-19-9)13(14,15)16/h2-5H,6H2,1H3. The summed E-state index contributed by atoms with van der Waals surface area (Å²) < 4.78 is 47.8. The highest BCUT2D eigenvalue weighted by Gasteiger charge is 2.38. The minimum Gasteiger partial charge on any atom is -0.463 e. The number of aromatic nitrogens is 4. The lowest BCUT2D eigenvalue weighted by molar-refractivity contribution is -0.159. The molecule has 0 fully saturated rings. The Balaban J connectivity index is 1.80. The van der Waals surface area contributed by atoms with Gasteiger partial charge >= 0.3 is 18.0 Å². The summed E-state index contributed by atoms with van der Waals surface area (Å²) in [5.41, 5.74) is 0. The van der Waals surface area contributed by atoms with Gasteiger partial charge in [-0.2, -0.15) is 18.2 Å². The Morgan fingerprint density at radius 1 is 1.42 bits per heavy atom. The van der Waals surface area contributed by atoms with Gasteiger partial charge in [-0.15, -0.1) is 11.3 Å². The second kappa shape index (κ2) is 6.07. The van der Waals surface area contributed by atoms with Crippen molar-refractivity contribution in [3.63, 3.8) is 0 Å². The number of halogens is 3. The first-order valence-corrected chi connectivity index (χ1v) is 7.29. The molecule has 3 heterocycles. The van der Waals surface area contributed by atoms with E-state index in [1.54, 1.807) is 22.9 Å². The molecule has 3 rings (SSSR count). The van der Waals surface area contributed by atoms with Gasteiger partial charge in [0.2, 0.25) is 11.6 Å². The molecule has 3 aromatic rings. The molecule has 0 aliphatic carbocycles. The third-order valence-electron chi connectivity index (χ3n) is 2.96. The lowest BCUT2D eigenvalue weighted by atomic mass is 10.4. The molecule has 0 atom stereocenters. The van der Waals surface area contributed by atoms with E-state index in [0.717, 1.165) is 4.88 Å². The number of rotatable bonds is 4. The fraction of sp³-hybridized carbons (Fsp3) is 0.231. The van der Waals surface area contributed by atoms with Crippen molar-refractivity contribution in [1.82, 2.24) is 19.7 Å². The van der Waals surface area contributed by atoms with Crippen LogP contribution in [0.4, 0.5) is 13.2 Å². The number of imidazole rings is 1. The predicted octanol–water partition coefficient (Wildman–Crippen LogP) is 2.85. The van der Waals surface area contributed by atoms with E-state index in [1.807, 2.05) is 0 Å². The summed E-state index contributed by atoms with van der Waals surface area (Å²) in [6.07, 6.45) is -1.63. The van der Waals surface area contributed by atoms with Gasteiger partial charge in [-0.25, -0.2) is 9.78 Å². The number of esters is 1. The van der Waals surface area contributed by atoms with Crippen LogP contribution in [0.15, 0.2) is 29.0 Å². The smallest absolute Gasteiger partial charge is 0.463 e. The van der Waals surface area contributed by atoms with Crippen molar-refractivity contribution in [2.24, 2.45) is 0 Å². The van der Waals surface area contributed by atoms with E-state index in [-0.39, 0.29) is 11.6 Å². The number of methoxy groups -OCH3 is 1. The molecule has 0 aromatic carbocycles. The molecule has 7 nitrogen and oxygen atoms in total. The number of hydrogen-bond acceptors (Lipinski definition) is 7. The van der Waals surface area contributed by atoms with Crippen molar-refractivity contribution >= 4 is 17.3 Å². The fourth-order valence-corrected chi connectivity index (χ4v) is 2.84. The molecule has 0 saturated carbocycles. The highest BCUT2D eigenvalue weighted by Crippen LogP contribution is 2.31. The van der Waals surface area contributed by atoms with Gasteiger partial charge in [-0.05, 0) is 12.1 Å². The fourth-order valence-electron chi connectivity index (χ4n) is 1.91. The van der Waals surface area contributed by atoms with Crippen LogP contribution in [0.2, 0.25) is 0 Å². The monoisotopic (exact) mass is 358 g/mol. The summed E-state index contributed by atoms with van der Waals surface area (Å²) in [5, 5.41) is 3.33. The van der Waals surface area contributed by atoms with Crippen molar-refractivity contribution in [3.8, 4) is 10.7 Å². The lowest BCUT2D eigenvalue weighted by Gasteiger charge is -2.04. The van der Waals surface area contributed by atoms with Crippen LogP contribution in [0.25, 0.3) is 10.7 Å². The summed E-state index contributed by atoms with van der Waals surface area (Å²) in [4.78, 5) is 20.0. The number of nitrogens with zero attached hydrogens (tertiary/aromatic N) is 4. The van der Waals surface area contributed by atoms with Gasteiger partial charge in [-0.1, -0.05) is 5.16 Å². The van der Waals surface area contributed by atoms with Crippen LogP contribution in [0, 0.1) is 0 Å². The summed E-state index contributed by atoms with van der Waals surface area (Å²) in [7, 11) is 1.25. The number of carbonyl (C=O) groups excluding carboxylic acids is 1. The minimum absolute atomic E-state index is 0.131. The Morgan fingerprint density at radius 3 is 2.88 bits per heavy atom. The predicted molar refractivity (Wildman–Crippen MR) is 75.3 cm³/mol. The van der Waals surface area contributed by atoms with Crippen molar-refractivity contribution in [2.45, 2.75) is 12.7 Å². The lowest BCUT2D eigenvalue weighted by Crippen LogP contribution is -2.11. The molecule has 0 saturated heterocycles. The summed E-state index contributed by atoms with van der Waals surface area (Å²) in [6, 6.07) is 3.28. The van der Waals surface area contributed by atoms with Crippen LogP contribution < -0.4 is 0 Å². The maximum Gasteiger partial charge on any atom is 0.471 e. The molecule has 0 radical (unpaired) electrons. The largest absolute Gasteiger partial charge is 0.471 e. The number of alkyl halides is 3. The Bertz CT molecular complexity index is 868. The minimum atomic E-state index is -4.68. The van der Waals surface area contributed by atoms with E-state index in [0.29, 0.717) is 11.4 Å². The number of thiophene rings is 1. The third-order valence-corrected chi connectivity index (χ3v) is 4.03. The first-order valence-electron chi connectivity index (χ1n) is 6.48. The molecule has 0 bridgehead atoms. The van der Waals surface area contributed by atoms with Crippen molar-refractivity contribution in [2.75, 3.05) is 7.11 Å². The van der Waals surface area contributed by atoms with E-state index in [2.05, 4.69) is 24.4 Å². The second-order valence-electron chi connectivity index (χ2n) is 4.56. The molecule has 0 aliphatic rings. The van der Waals surface area contributed by atoms with Gasteiger partial charge < -0.3 is 13.8 Å². The number of ether oxygens (including phenoxy) is 1. The Hall–Kier alpha value is -2.69. The third kappa shape index (κ3) is 3.15. The zero-order valence-corrected chi connectivity index (χ0v) is 12.9. The quantitative estimate of drug-likeness (QED) is 0.667. The number of hydrogen-bond donors (Lipinski definition) is 0. The van der Waals surface area contributed by atoms with Crippen LogP contribution in [0.1, 0.15) is 21.4 Å². The van der Waals surface area contributed by atoms with E-state index >= 15 is 0 Å². The van der Waals surface area contributed by atoms with Gasteiger partial charge in [0.05, 0.1) is 18.5 Å². The van der Waals surface area contributed by atoms with Gasteiger partial charge in [-0.3, -0.25) is 0 Å². The zero-order valence-electron chi connectivity index (χ0n) is 12.1. The number of carbonyl (C=O) groups is 1. The average Bonchev–Trinajstić information content (AvgIpc) is 3.25. The van der Waals surface area contributed by atoms with Gasteiger partial charge in [0.1, 0.15) is 0 Å². The average molecular weight is 358 g/mol. The molecule has 3 aromatic heterocycles. The van der Waals surface area contributed by atoms with Gasteiger partial charge in [0.25, 0.3) is 0 Å². The molecular formula is C13H9F3N4O3S. The molecule has 0 unspecified atom stereocenters. The molecule has 11 heteroatoms. The zero-order chi connectivity index (χ0) is 17.3. The van der Waals surface area contributed by atoms with E-state index in [4.69, 9.17) is 0 Å². The first kappa shape index (κ1) is 16.2. The molecule has 0 aliphatic heterocycles. The highest BCUT2D eigenvalue weighted by atomic mass is 32.1. The van der Waals surface area contributed by atoms with Crippen molar-refractivity contribution in [3.05, 3.63) is 41.1 Å². The summed E-state index contributed by atoms with van der Waals surface area (Å²) >= 11 is 1.18. The molecule has 0 amide bonds. The summed E-state index contributed by atoms with van der Waals surface area (Å²) in [5.74, 6) is -1.98. The first-order chi connectivity index (χ1) is 11.4. The molecule has 0 spiro atoms. The van der Waals surface area contributed by atoms with E-state index in [1.165, 1.54) is 24.6 Å². The highest BCUT2D eigenvalue weighted by molar-refractivity contribution is 7.15. The van der Waals surface area contributed by atoms with Crippen molar-refractivity contribution < 1.29 is 27.2 Å². The molecule has 126 valence electrons. The van der Waals surface area contributed by atoms with Crippen LogP contribution >= 0.6 is 11.3 Å². The van der Waals surface area contributed by atoms with E-state index < -0.39 is 18.0 Å². The second-order valence-corrected chi connectivity index (χ2v) is 5.73. The molecular weight excluding hydrogens is 349 g/mol. The maximum atomic E-state index is 12.5. The normalized spacial score (nSPS) is 11.7. The van der Waals surface area contributed by atoms with Crippen LogP contribution in [0.3, 0.4) is 0 Å². The Kier molecular flexibility index (Phi) is 4.09. The molecule has 24 heavy (non-hydrogen) atoms. The van der Waals surface area contributed by atoms with Crippen LogP contribution in [-0.2, 0) is 17.5 Å². The SMILES string of the molecule is COC(=O)c1nccn1Cc1ccc(-c2noc(C(F)(F)F)n2)s1. The van der Waals surface area contributed by atoms with Crippen LogP contribution in [-0.4, -0.2) is 32.8 Å². The van der Waals surface area contributed by atoms with Crippen LogP contribution in [0.5, 0.6) is 0 Å². The van der Waals surface area contributed by atoms with Gasteiger partial charge in [0.15, 0.2) is 0 Å².